The number of hydrogen-bond acceptors (Lipinski definition) is 8. The van der Waals surface area contributed by atoms with Crippen LogP contribution in [-0.4, -0.2) is 54.0 Å². The van der Waals surface area contributed by atoms with E-state index in [1.54, 1.807) is 6.92 Å². The van der Waals surface area contributed by atoms with Crippen LogP contribution in [0.5, 0.6) is 0 Å². The van der Waals surface area contributed by atoms with Crippen molar-refractivity contribution in [1.29, 1.82) is 0 Å². The number of thiophene rings is 1. The minimum atomic E-state index is -0.544. The third-order valence-electron chi connectivity index (χ3n) is 7.36. The van der Waals surface area contributed by atoms with Gasteiger partial charge in [0, 0.05) is 41.0 Å². The number of ether oxygens (including phenoxy) is 2. The Labute approximate surface area is 226 Å². The van der Waals surface area contributed by atoms with Gasteiger partial charge in [-0.15, -0.1) is 11.3 Å². The second kappa shape index (κ2) is 11.2. The summed E-state index contributed by atoms with van der Waals surface area (Å²) in [6, 6.07) is 7.53. The third-order valence-corrected chi connectivity index (χ3v) is 8.53. The van der Waals surface area contributed by atoms with Gasteiger partial charge < -0.3 is 14.8 Å². The molecule has 1 aliphatic carbocycles. The predicted molar refractivity (Wildman–Crippen MR) is 147 cm³/mol. The van der Waals surface area contributed by atoms with Gasteiger partial charge >= 0.3 is 11.9 Å². The van der Waals surface area contributed by atoms with E-state index in [1.165, 1.54) is 11.3 Å². The number of aromatic nitrogens is 1. The molecule has 9 heteroatoms. The summed E-state index contributed by atoms with van der Waals surface area (Å²) in [6.07, 6.45) is 3.39. The maximum absolute atomic E-state index is 13.4. The summed E-state index contributed by atoms with van der Waals surface area (Å²) >= 11 is 1.42. The van der Waals surface area contributed by atoms with E-state index in [0.717, 1.165) is 71.4 Å². The highest BCUT2D eigenvalue weighted by molar-refractivity contribution is 7.17. The van der Waals surface area contributed by atoms with E-state index >= 15 is 0 Å². The summed E-state index contributed by atoms with van der Waals surface area (Å²) in [6.45, 7) is 8.21. The maximum Gasteiger partial charge on any atom is 0.341 e. The van der Waals surface area contributed by atoms with Crippen LogP contribution in [0.4, 0.5) is 5.00 Å². The molecule has 0 saturated heterocycles. The van der Waals surface area contributed by atoms with Gasteiger partial charge in [-0.3, -0.25) is 14.7 Å². The Kier molecular flexibility index (Phi) is 7.76. The van der Waals surface area contributed by atoms with Crippen LogP contribution in [0.1, 0.15) is 69.6 Å². The quantitative estimate of drug-likeness (QED) is 0.435. The normalized spacial score (nSPS) is 17.0. The van der Waals surface area contributed by atoms with Crippen LogP contribution in [-0.2, 0) is 40.1 Å². The molecule has 38 heavy (non-hydrogen) atoms. The third kappa shape index (κ3) is 5.17. The average molecular weight is 536 g/mol. The van der Waals surface area contributed by atoms with Gasteiger partial charge in [0.1, 0.15) is 5.00 Å². The van der Waals surface area contributed by atoms with Crippen molar-refractivity contribution in [2.45, 2.75) is 53.0 Å². The zero-order chi connectivity index (χ0) is 26.8. The molecule has 0 spiro atoms. The number of pyridine rings is 1. The lowest BCUT2D eigenvalue weighted by Gasteiger charge is -2.28. The number of anilines is 1. The Hall–Kier alpha value is -3.30. The molecule has 0 radical (unpaired) electrons. The largest absolute Gasteiger partial charge is 0.462 e. The Balaban J connectivity index is 1.36. The fraction of sp³-hybridized carbons (Fsp3) is 0.448. The minimum absolute atomic E-state index is 0.254. The number of carbonyl (C=O) groups excluding carboxylic acids is 3. The zero-order valence-corrected chi connectivity index (χ0v) is 22.9. The summed E-state index contributed by atoms with van der Waals surface area (Å²) in [5, 5.41) is 4.01. The second-order valence-electron chi connectivity index (χ2n) is 9.95. The molecule has 1 aliphatic heterocycles. The first-order chi connectivity index (χ1) is 18.4. The SMILES string of the molecule is CCOC(=O)c1c(NC(=O)COC(=O)c2c3c(nc4ccccc24)CCN(CC)C3)sc2c1CCC(C)C2. The van der Waals surface area contributed by atoms with Crippen molar-refractivity contribution in [3.63, 3.8) is 0 Å². The summed E-state index contributed by atoms with van der Waals surface area (Å²) < 4.78 is 10.9. The van der Waals surface area contributed by atoms with E-state index in [1.807, 2.05) is 24.3 Å². The fourth-order valence-corrected chi connectivity index (χ4v) is 6.79. The highest BCUT2D eigenvalue weighted by Gasteiger charge is 2.30. The average Bonchev–Trinajstić information content (AvgIpc) is 3.26. The van der Waals surface area contributed by atoms with Gasteiger partial charge in [-0.25, -0.2) is 9.59 Å². The van der Waals surface area contributed by atoms with Crippen LogP contribution in [0.2, 0.25) is 0 Å². The molecule has 1 atom stereocenters. The smallest absolute Gasteiger partial charge is 0.341 e. The maximum atomic E-state index is 13.4. The lowest BCUT2D eigenvalue weighted by Crippen LogP contribution is -2.32. The first kappa shape index (κ1) is 26.3. The molecule has 2 aromatic heterocycles. The first-order valence-electron chi connectivity index (χ1n) is 13.3. The van der Waals surface area contributed by atoms with E-state index in [9.17, 15) is 14.4 Å². The monoisotopic (exact) mass is 535 g/mol. The molecule has 5 rings (SSSR count). The molecule has 1 aromatic carbocycles. The van der Waals surface area contributed by atoms with Crippen LogP contribution in [0, 0.1) is 5.92 Å². The van der Waals surface area contributed by atoms with Gasteiger partial charge in [0.15, 0.2) is 6.61 Å². The number of rotatable bonds is 7. The molecular formula is C29H33N3O5S. The van der Waals surface area contributed by atoms with E-state index < -0.39 is 24.5 Å². The van der Waals surface area contributed by atoms with Crippen molar-refractivity contribution < 1.29 is 23.9 Å². The number of nitrogens with zero attached hydrogens (tertiary/aromatic N) is 2. The van der Waals surface area contributed by atoms with Crippen LogP contribution in [0.3, 0.4) is 0 Å². The molecule has 1 amide bonds. The van der Waals surface area contributed by atoms with Crippen molar-refractivity contribution in [1.82, 2.24) is 9.88 Å². The van der Waals surface area contributed by atoms with Crippen molar-refractivity contribution in [3.05, 3.63) is 57.1 Å². The fourth-order valence-electron chi connectivity index (χ4n) is 5.37. The number of nitrogens with one attached hydrogen (secondary N) is 1. The molecule has 0 bridgehead atoms. The number of amides is 1. The standard InChI is InChI=1S/C29H33N3O5S/c1-4-32-13-12-22-20(15-32)25(18-8-6-7-9-21(18)30-22)28(34)37-16-24(33)31-27-26(29(35)36-5-2)19-11-10-17(3)14-23(19)38-27/h6-9,17H,4-5,10-16H2,1-3H3,(H,31,33). The number of para-hydroxylation sites is 1. The lowest BCUT2D eigenvalue weighted by atomic mass is 9.88. The molecule has 200 valence electrons. The highest BCUT2D eigenvalue weighted by Crippen LogP contribution is 2.40. The molecule has 3 heterocycles. The number of esters is 2. The Morgan fingerprint density at radius 3 is 2.66 bits per heavy atom. The number of benzene rings is 1. The summed E-state index contributed by atoms with van der Waals surface area (Å²) in [7, 11) is 0. The number of fused-ring (bicyclic) bond motifs is 3. The molecule has 1 N–H and O–H groups in total. The summed E-state index contributed by atoms with van der Waals surface area (Å²) in [4.78, 5) is 47.3. The van der Waals surface area contributed by atoms with Gasteiger partial charge in [0.25, 0.3) is 5.91 Å². The van der Waals surface area contributed by atoms with Crippen LogP contribution in [0.25, 0.3) is 10.9 Å². The van der Waals surface area contributed by atoms with Gasteiger partial charge in [-0.1, -0.05) is 32.0 Å². The van der Waals surface area contributed by atoms with Gasteiger partial charge in [0.2, 0.25) is 0 Å². The number of likely N-dealkylation sites (N-methyl/N-ethyl adjacent to an activating group) is 1. The molecule has 0 fully saturated rings. The van der Waals surface area contributed by atoms with Crippen molar-refractivity contribution in [2.75, 3.05) is 31.6 Å². The zero-order valence-electron chi connectivity index (χ0n) is 22.1. The Morgan fingerprint density at radius 2 is 1.87 bits per heavy atom. The second-order valence-corrected chi connectivity index (χ2v) is 11.1. The Morgan fingerprint density at radius 1 is 1.08 bits per heavy atom. The topological polar surface area (TPSA) is 97.8 Å². The molecular weight excluding hydrogens is 502 g/mol. The van der Waals surface area contributed by atoms with Crippen LogP contribution in [0.15, 0.2) is 24.3 Å². The van der Waals surface area contributed by atoms with Gasteiger partial charge in [-0.2, -0.15) is 0 Å². The molecule has 1 unspecified atom stereocenters. The lowest BCUT2D eigenvalue weighted by molar-refractivity contribution is -0.119. The first-order valence-corrected chi connectivity index (χ1v) is 14.1. The van der Waals surface area contributed by atoms with E-state index in [2.05, 4.69) is 24.1 Å². The van der Waals surface area contributed by atoms with E-state index in [0.29, 0.717) is 28.6 Å². The van der Waals surface area contributed by atoms with Crippen molar-refractivity contribution >= 4 is 45.1 Å². The minimum Gasteiger partial charge on any atom is -0.462 e. The highest BCUT2D eigenvalue weighted by atomic mass is 32.1. The van der Waals surface area contributed by atoms with Crippen molar-refractivity contribution in [3.8, 4) is 0 Å². The van der Waals surface area contributed by atoms with Gasteiger partial charge in [-0.05, 0) is 50.3 Å². The summed E-state index contributed by atoms with van der Waals surface area (Å²) in [5.74, 6) is -0.941. The molecule has 0 saturated carbocycles. The molecule has 3 aromatic rings. The molecule has 8 nitrogen and oxygen atoms in total. The van der Waals surface area contributed by atoms with E-state index in [4.69, 9.17) is 14.5 Å². The Bertz CT molecular complexity index is 1400. The molecule has 2 aliphatic rings. The predicted octanol–water partition coefficient (Wildman–Crippen LogP) is 4.77. The van der Waals surface area contributed by atoms with Crippen LogP contribution < -0.4 is 5.32 Å². The van der Waals surface area contributed by atoms with Gasteiger partial charge in [0.05, 0.1) is 23.3 Å². The number of carbonyl (C=O) groups is 3. The van der Waals surface area contributed by atoms with Crippen LogP contribution >= 0.6 is 11.3 Å². The number of hydrogen-bond donors (Lipinski definition) is 1. The van der Waals surface area contributed by atoms with E-state index in [-0.39, 0.29) is 6.61 Å². The summed E-state index contributed by atoms with van der Waals surface area (Å²) in [5.41, 5.74) is 4.39. The van der Waals surface area contributed by atoms with Crippen molar-refractivity contribution in [2.24, 2.45) is 5.92 Å².